The summed E-state index contributed by atoms with van der Waals surface area (Å²) in [5.74, 6) is -0.465. The van der Waals surface area contributed by atoms with Gasteiger partial charge in [0.05, 0.1) is 0 Å². The summed E-state index contributed by atoms with van der Waals surface area (Å²) in [6, 6.07) is 11.5. The first-order valence-corrected chi connectivity index (χ1v) is 6.87. The third kappa shape index (κ3) is 6.00. The maximum atomic E-state index is 12.0. The van der Waals surface area contributed by atoms with Crippen LogP contribution < -0.4 is 4.74 Å². The Hall–Kier alpha value is -3.02. The van der Waals surface area contributed by atoms with Crippen LogP contribution in [-0.2, 0) is 4.79 Å². The quantitative estimate of drug-likeness (QED) is 0.814. The first-order valence-electron chi connectivity index (χ1n) is 6.87. The Kier molecular flexibility index (Phi) is 5.42. The number of benzene rings is 2. The minimum atomic E-state index is -4.73. The molecule has 2 aromatic carbocycles. The molecule has 124 valence electrons. The van der Waals surface area contributed by atoms with Crippen molar-refractivity contribution in [3.8, 4) is 11.5 Å². The van der Waals surface area contributed by atoms with Crippen LogP contribution in [0.25, 0.3) is 12.2 Å². The van der Waals surface area contributed by atoms with E-state index in [1.54, 1.807) is 18.2 Å². The van der Waals surface area contributed by atoms with Crippen molar-refractivity contribution in [2.24, 2.45) is 0 Å². The van der Waals surface area contributed by atoms with Gasteiger partial charge in [-0.05, 0) is 47.5 Å². The second-order valence-electron chi connectivity index (χ2n) is 4.78. The van der Waals surface area contributed by atoms with Gasteiger partial charge in [-0.2, -0.15) is 0 Å². The second-order valence-corrected chi connectivity index (χ2v) is 4.78. The van der Waals surface area contributed by atoms with Crippen molar-refractivity contribution < 1.29 is 27.8 Å². The van der Waals surface area contributed by atoms with E-state index in [1.807, 2.05) is 0 Å². The predicted octanol–water partition coefficient (Wildman–Crippen LogP) is 4.59. The number of aromatic hydroxyl groups is 1. The molecule has 0 heterocycles. The maximum Gasteiger partial charge on any atom is 0.573 e. The molecule has 0 amide bonds. The van der Waals surface area contributed by atoms with E-state index >= 15 is 0 Å². The first kappa shape index (κ1) is 17.3. The zero-order chi connectivity index (χ0) is 17.6. The zero-order valence-electron chi connectivity index (χ0n) is 12.3. The molecule has 0 radical (unpaired) electrons. The van der Waals surface area contributed by atoms with E-state index < -0.39 is 6.36 Å². The number of allylic oxidation sites excluding steroid dienone is 2. The van der Waals surface area contributed by atoms with Gasteiger partial charge in [0.15, 0.2) is 5.78 Å². The summed E-state index contributed by atoms with van der Waals surface area (Å²) in [4.78, 5) is 11.7. The van der Waals surface area contributed by atoms with Crippen molar-refractivity contribution in [3.05, 3.63) is 71.8 Å². The van der Waals surface area contributed by atoms with Gasteiger partial charge >= 0.3 is 6.36 Å². The van der Waals surface area contributed by atoms with E-state index in [2.05, 4.69) is 4.74 Å². The summed E-state index contributed by atoms with van der Waals surface area (Å²) in [7, 11) is 0. The van der Waals surface area contributed by atoms with Crippen LogP contribution in [0.5, 0.6) is 11.5 Å². The van der Waals surface area contributed by atoms with Gasteiger partial charge in [-0.15, -0.1) is 13.2 Å². The molecule has 2 aromatic rings. The summed E-state index contributed by atoms with van der Waals surface area (Å²) in [6.45, 7) is 0. The van der Waals surface area contributed by atoms with E-state index in [9.17, 15) is 18.0 Å². The number of ether oxygens (including phenoxy) is 1. The number of hydrogen-bond donors (Lipinski definition) is 1. The first-order chi connectivity index (χ1) is 11.3. The number of ketones is 1. The van der Waals surface area contributed by atoms with E-state index in [4.69, 9.17) is 5.11 Å². The Morgan fingerprint density at radius 1 is 0.875 bits per heavy atom. The predicted molar refractivity (Wildman–Crippen MR) is 84.3 cm³/mol. The molecule has 0 aliphatic carbocycles. The van der Waals surface area contributed by atoms with Crippen LogP contribution in [0.2, 0.25) is 0 Å². The average Bonchev–Trinajstić information content (AvgIpc) is 2.52. The second kappa shape index (κ2) is 7.50. The maximum absolute atomic E-state index is 12.0. The summed E-state index contributed by atoms with van der Waals surface area (Å²) in [5, 5.41) is 9.15. The van der Waals surface area contributed by atoms with Gasteiger partial charge in [0.2, 0.25) is 0 Å². The summed E-state index contributed by atoms with van der Waals surface area (Å²) in [5.41, 5.74) is 1.32. The van der Waals surface area contributed by atoms with E-state index in [0.29, 0.717) is 5.56 Å². The van der Waals surface area contributed by atoms with Crippen LogP contribution in [0.3, 0.4) is 0 Å². The number of hydrogen-bond acceptors (Lipinski definition) is 3. The minimum absolute atomic E-state index is 0.135. The number of rotatable bonds is 5. The molecular formula is C18H13F3O3. The van der Waals surface area contributed by atoms with Crippen LogP contribution in [-0.4, -0.2) is 17.3 Å². The van der Waals surface area contributed by atoms with Crippen molar-refractivity contribution in [2.45, 2.75) is 6.36 Å². The number of phenols is 1. The Labute approximate surface area is 136 Å². The van der Waals surface area contributed by atoms with Crippen molar-refractivity contribution in [2.75, 3.05) is 0 Å². The highest BCUT2D eigenvalue weighted by Gasteiger charge is 2.30. The highest BCUT2D eigenvalue weighted by molar-refractivity contribution is 6.04. The normalized spacial score (nSPS) is 12.0. The van der Waals surface area contributed by atoms with Crippen LogP contribution in [0, 0.1) is 0 Å². The summed E-state index contributed by atoms with van der Waals surface area (Å²) in [6.07, 6.45) is 1.00. The Morgan fingerprint density at radius 3 is 1.79 bits per heavy atom. The lowest BCUT2D eigenvalue weighted by Crippen LogP contribution is -2.16. The molecule has 0 aromatic heterocycles. The van der Waals surface area contributed by atoms with E-state index in [-0.39, 0.29) is 17.3 Å². The molecule has 0 saturated heterocycles. The van der Waals surface area contributed by atoms with Crippen LogP contribution in [0.15, 0.2) is 60.7 Å². The van der Waals surface area contributed by atoms with Crippen LogP contribution in [0.1, 0.15) is 11.1 Å². The van der Waals surface area contributed by atoms with Gasteiger partial charge in [0.1, 0.15) is 11.5 Å². The zero-order valence-corrected chi connectivity index (χ0v) is 12.3. The number of halogens is 3. The molecule has 6 heteroatoms. The van der Waals surface area contributed by atoms with Gasteiger partial charge in [0.25, 0.3) is 0 Å². The fourth-order valence-corrected chi connectivity index (χ4v) is 1.78. The molecule has 0 atom stereocenters. The number of alkyl halides is 3. The van der Waals surface area contributed by atoms with Gasteiger partial charge < -0.3 is 9.84 Å². The van der Waals surface area contributed by atoms with Crippen molar-refractivity contribution in [1.82, 2.24) is 0 Å². The minimum Gasteiger partial charge on any atom is -0.508 e. The van der Waals surface area contributed by atoms with Gasteiger partial charge in [-0.3, -0.25) is 4.79 Å². The number of carbonyl (C=O) groups excluding carboxylic acids is 1. The van der Waals surface area contributed by atoms with Gasteiger partial charge in [-0.1, -0.05) is 36.4 Å². The highest BCUT2D eigenvalue weighted by atomic mass is 19.4. The van der Waals surface area contributed by atoms with Crippen molar-refractivity contribution in [3.63, 3.8) is 0 Å². The van der Waals surface area contributed by atoms with Crippen molar-refractivity contribution in [1.29, 1.82) is 0 Å². The SMILES string of the molecule is O=C(C=Cc1ccc(O)cc1)C=Cc1ccc(OC(F)(F)F)cc1. The molecule has 24 heavy (non-hydrogen) atoms. The highest BCUT2D eigenvalue weighted by Crippen LogP contribution is 2.23. The molecule has 0 aliphatic rings. The fourth-order valence-electron chi connectivity index (χ4n) is 1.78. The molecule has 0 bridgehead atoms. The lowest BCUT2D eigenvalue weighted by atomic mass is 10.1. The molecule has 2 rings (SSSR count). The molecule has 0 aliphatic heterocycles. The summed E-state index contributed by atoms with van der Waals surface area (Å²) >= 11 is 0. The molecule has 0 saturated carbocycles. The average molecular weight is 334 g/mol. The fraction of sp³-hybridized carbons (Fsp3) is 0.0556. The monoisotopic (exact) mass is 334 g/mol. The Balaban J connectivity index is 1.94. The smallest absolute Gasteiger partial charge is 0.508 e. The molecule has 1 N–H and O–H groups in total. The van der Waals surface area contributed by atoms with Crippen LogP contribution >= 0.6 is 0 Å². The summed E-state index contributed by atoms with van der Waals surface area (Å²) < 4.78 is 39.9. The lowest BCUT2D eigenvalue weighted by Gasteiger charge is -2.08. The van der Waals surface area contributed by atoms with Crippen LogP contribution in [0.4, 0.5) is 13.2 Å². The molecule has 0 spiro atoms. The van der Waals surface area contributed by atoms with Crippen molar-refractivity contribution >= 4 is 17.9 Å². The molecule has 0 unspecified atom stereocenters. The molecular weight excluding hydrogens is 321 g/mol. The van der Waals surface area contributed by atoms with E-state index in [1.165, 1.54) is 54.6 Å². The third-order valence-corrected chi connectivity index (χ3v) is 2.89. The topological polar surface area (TPSA) is 46.5 Å². The van der Waals surface area contributed by atoms with Gasteiger partial charge in [0, 0.05) is 0 Å². The molecule has 3 nitrogen and oxygen atoms in total. The number of carbonyl (C=O) groups is 1. The standard InChI is InChI=1S/C18H13F3O3/c19-18(20,21)24-17-11-5-14(6-12-17)4-10-16(23)9-3-13-1-7-15(22)8-2-13/h1-12,22H. The number of phenolic OH excluding ortho intramolecular Hbond substituents is 1. The van der Waals surface area contributed by atoms with E-state index in [0.717, 1.165) is 5.56 Å². The third-order valence-electron chi connectivity index (χ3n) is 2.89. The Morgan fingerprint density at radius 2 is 1.33 bits per heavy atom. The lowest BCUT2D eigenvalue weighted by molar-refractivity contribution is -0.274. The molecule has 0 fully saturated rings. The van der Waals surface area contributed by atoms with Gasteiger partial charge in [-0.25, -0.2) is 0 Å². The largest absolute Gasteiger partial charge is 0.573 e. The Bertz CT molecular complexity index is 743.